The van der Waals surface area contributed by atoms with Crippen LogP contribution in [0.5, 0.6) is 0 Å². The van der Waals surface area contributed by atoms with Crippen LogP contribution in [0.3, 0.4) is 0 Å². The maximum atomic E-state index is 12.9. The summed E-state index contributed by atoms with van der Waals surface area (Å²) in [5, 5.41) is 0. The number of nitrogens with zero attached hydrogens (tertiary/aromatic N) is 2. The molecular weight excluding hydrogens is 376 g/mol. The Morgan fingerprint density at radius 1 is 1.03 bits per heavy atom. The first kappa shape index (κ1) is 20.6. The number of piperidine rings is 2. The molecule has 2 aromatic carbocycles. The summed E-state index contributed by atoms with van der Waals surface area (Å²) in [5.41, 5.74) is 2.97. The Labute approximate surface area is 178 Å². The van der Waals surface area contributed by atoms with Gasteiger partial charge in [-0.1, -0.05) is 54.6 Å². The van der Waals surface area contributed by atoms with Gasteiger partial charge in [0.15, 0.2) is 0 Å². The Balaban J connectivity index is 1.36. The molecule has 2 fully saturated rings. The number of rotatable bonds is 4. The second kappa shape index (κ2) is 8.60. The van der Waals surface area contributed by atoms with Crippen molar-refractivity contribution >= 4 is 11.8 Å². The Morgan fingerprint density at radius 3 is 2.30 bits per heavy atom. The number of carbonyl (C=O) groups excluding carboxylic acids is 2. The zero-order chi connectivity index (χ0) is 21.1. The van der Waals surface area contributed by atoms with E-state index in [1.165, 1.54) is 5.56 Å². The molecule has 0 bridgehead atoms. The first-order valence-corrected chi connectivity index (χ1v) is 10.7. The maximum Gasteiger partial charge on any atom is 0.228 e. The molecule has 1 atom stereocenters. The fraction of sp³-hybridized carbons (Fsp3) is 0.440. The molecule has 2 aliphatic heterocycles. The quantitative estimate of drug-likeness (QED) is 0.782. The number of hydrogen-bond acceptors (Lipinski definition) is 3. The molecule has 5 nitrogen and oxygen atoms in total. The average molecular weight is 407 g/mol. The van der Waals surface area contributed by atoms with Gasteiger partial charge in [-0.15, -0.1) is 0 Å². The molecule has 2 saturated heterocycles. The topological polar surface area (TPSA) is 49.9 Å². The Hall–Kier alpha value is -2.66. The molecule has 2 aromatic rings. The van der Waals surface area contributed by atoms with Crippen LogP contribution in [0.15, 0.2) is 54.6 Å². The highest BCUT2D eigenvalue weighted by molar-refractivity contribution is 5.84. The molecule has 30 heavy (non-hydrogen) atoms. The SMILES string of the molecule is COC1CN(C)C(=O)C2(CCN(C(=O)Cc3ccc(-c4ccccc4)cc3)CC2)C1. The summed E-state index contributed by atoms with van der Waals surface area (Å²) in [4.78, 5) is 29.4. The highest BCUT2D eigenvalue weighted by Crippen LogP contribution is 2.41. The maximum absolute atomic E-state index is 12.9. The predicted molar refractivity (Wildman–Crippen MR) is 117 cm³/mol. The molecule has 0 aromatic heterocycles. The molecule has 2 heterocycles. The van der Waals surface area contributed by atoms with Crippen LogP contribution in [0.4, 0.5) is 0 Å². The number of likely N-dealkylation sites (tertiary alicyclic amines) is 2. The Bertz CT molecular complexity index is 886. The minimum absolute atomic E-state index is 0.0816. The van der Waals surface area contributed by atoms with Crippen molar-refractivity contribution < 1.29 is 14.3 Å². The lowest BCUT2D eigenvalue weighted by Crippen LogP contribution is -2.57. The van der Waals surface area contributed by atoms with Crippen molar-refractivity contribution in [2.45, 2.75) is 31.8 Å². The van der Waals surface area contributed by atoms with E-state index in [1.54, 1.807) is 12.0 Å². The molecule has 0 aliphatic carbocycles. The number of methoxy groups -OCH3 is 1. The van der Waals surface area contributed by atoms with Crippen molar-refractivity contribution in [1.82, 2.24) is 9.80 Å². The van der Waals surface area contributed by atoms with Crippen LogP contribution in [0.25, 0.3) is 11.1 Å². The minimum atomic E-state index is -0.373. The first-order valence-electron chi connectivity index (χ1n) is 10.7. The van der Waals surface area contributed by atoms with Gasteiger partial charge in [0.2, 0.25) is 11.8 Å². The Morgan fingerprint density at radius 2 is 1.67 bits per heavy atom. The summed E-state index contributed by atoms with van der Waals surface area (Å²) in [6.45, 7) is 1.92. The van der Waals surface area contributed by atoms with Gasteiger partial charge in [0.05, 0.1) is 17.9 Å². The smallest absolute Gasteiger partial charge is 0.228 e. The van der Waals surface area contributed by atoms with Gasteiger partial charge in [-0.25, -0.2) is 0 Å². The van der Waals surface area contributed by atoms with Crippen molar-refractivity contribution in [3.8, 4) is 11.1 Å². The average Bonchev–Trinajstić information content (AvgIpc) is 2.78. The number of amides is 2. The van der Waals surface area contributed by atoms with Crippen LogP contribution in [0, 0.1) is 5.41 Å². The van der Waals surface area contributed by atoms with Gasteiger partial charge in [0.25, 0.3) is 0 Å². The zero-order valence-electron chi connectivity index (χ0n) is 17.8. The van der Waals surface area contributed by atoms with Gasteiger partial charge in [0.1, 0.15) is 0 Å². The van der Waals surface area contributed by atoms with Crippen molar-refractivity contribution in [1.29, 1.82) is 0 Å². The van der Waals surface area contributed by atoms with E-state index < -0.39 is 0 Å². The van der Waals surface area contributed by atoms with E-state index in [0.29, 0.717) is 38.9 Å². The molecule has 158 valence electrons. The van der Waals surface area contributed by atoms with E-state index >= 15 is 0 Å². The largest absolute Gasteiger partial charge is 0.380 e. The third kappa shape index (κ3) is 4.12. The molecule has 1 unspecified atom stereocenters. The number of hydrogen-bond donors (Lipinski definition) is 0. The third-order valence-corrected chi connectivity index (χ3v) is 6.72. The third-order valence-electron chi connectivity index (χ3n) is 6.72. The second-order valence-electron chi connectivity index (χ2n) is 8.65. The van der Waals surface area contributed by atoms with Crippen LogP contribution >= 0.6 is 0 Å². The van der Waals surface area contributed by atoms with E-state index in [9.17, 15) is 9.59 Å². The van der Waals surface area contributed by atoms with Gasteiger partial charge in [0, 0.05) is 33.8 Å². The van der Waals surface area contributed by atoms with Crippen LogP contribution in [0.2, 0.25) is 0 Å². The molecule has 5 heteroatoms. The molecule has 0 radical (unpaired) electrons. The van der Waals surface area contributed by atoms with Gasteiger partial charge in [-0.3, -0.25) is 9.59 Å². The van der Waals surface area contributed by atoms with Crippen molar-refractivity contribution in [3.63, 3.8) is 0 Å². The predicted octanol–water partition coefficient (Wildman–Crippen LogP) is 3.38. The van der Waals surface area contributed by atoms with Crippen molar-refractivity contribution in [2.75, 3.05) is 33.8 Å². The molecule has 1 spiro atoms. The molecule has 2 amide bonds. The van der Waals surface area contributed by atoms with E-state index in [2.05, 4.69) is 24.3 Å². The molecule has 0 saturated carbocycles. The first-order chi connectivity index (χ1) is 14.5. The lowest BCUT2D eigenvalue weighted by molar-refractivity contribution is -0.158. The van der Waals surface area contributed by atoms with E-state index in [1.807, 2.05) is 42.3 Å². The standard InChI is InChI=1S/C25H30N2O3/c1-26-18-22(30-2)17-25(24(26)29)12-14-27(15-13-25)23(28)16-19-8-10-21(11-9-19)20-6-4-3-5-7-20/h3-11,22H,12-18H2,1-2H3. The van der Waals surface area contributed by atoms with E-state index in [4.69, 9.17) is 4.74 Å². The monoisotopic (exact) mass is 406 g/mol. The van der Waals surface area contributed by atoms with Gasteiger partial charge >= 0.3 is 0 Å². The lowest BCUT2D eigenvalue weighted by atomic mass is 9.71. The molecule has 0 N–H and O–H groups in total. The summed E-state index contributed by atoms with van der Waals surface area (Å²) in [5.74, 6) is 0.344. The molecule has 2 aliphatic rings. The van der Waals surface area contributed by atoms with Crippen LogP contribution < -0.4 is 0 Å². The van der Waals surface area contributed by atoms with Crippen molar-refractivity contribution in [3.05, 3.63) is 60.2 Å². The minimum Gasteiger partial charge on any atom is -0.380 e. The zero-order valence-corrected chi connectivity index (χ0v) is 17.8. The number of benzene rings is 2. The van der Waals surface area contributed by atoms with Crippen LogP contribution in [-0.2, 0) is 20.7 Å². The summed E-state index contributed by atoms with van der Waals surface area (Å²) in [7, 11) is 3.57. The summed E-state index contributed by atoms with van der Waals surface area (Å²) < 4.78 is 5.56. The van der Waals surface area contributed by atoms with Gasteiger partial charge in [-0.2, -0.15) is 0 Å². The van der Waals surface area contributed by atoms with E-state index in [-0.39, 0.29) is 23.3 Å². The molecule has 4 rings (SSSR count). The highest BCUT2D eigenvalue weighted by Gasteiger charge is 2.48. The number of carbonyl (C=O) groups is 2. The lowest BCUT2D eigenvalue weighted by Gasteiger charge is -2.47. The van der Waals surface area contributed by atoms with E-state index in [0.717, 1.165) is 17.5 Å². The van der Waals surface area contributed by atoms with Crippen LogP contribution in [0.1, 0.15) is 24.8 Å². The normalized spacial score (nSPS) is 21.1. The summed E-state index contributed by atoms with van der Waals surface area (Å²) in [6, 6.07) is 18.5. The van der Waals surface area contributed by atoms with Crippen LogP contribution in [-0.4, -0.2) is 61.5 Å². The summed E-state index contributed by atoms with van der Waals surface area (Å²) in [6.07, 6.45) is 2.67. The Kier molecular flexibility index (Phi) is 5.91. The fourth-order valence-corrected chi connectivity index (χ4v) is 4.87. The highest BCUT2D eigenvalue weighted by atomic mass is 16.5. The second-order valence-corrected chi connectivity index (χ2v) is 8.65. The summed E-state index contributed by atoms with van der Waals surface area (Å²) >= 11 is 0. The molecular formula is C25H30N2O3. The number of ether oxygens (including phenoxy) is 1. The van der Waals surface area contributed by atoms with Gasteiger partial charge in [-0.05, 0) is 36.0 Å². The van der Waals surface area contributed by atoms with Gasteiger partial charge < -0.3 is 14.5 Å². The van der Waals surface area contributed by atoms with Crippen molar-refractivity contribution in [2.24, 2.45) is 5.41 Å². The number of likely N-dealkylation sites (N-methyl/N-ethyl adjacent to an activating group) is 1. The fourth-order valence-electron chi connectivity index (χ4n) is 4.87.